The van der Waals surface area contributed by atoms with Gasteiger partial charge in [0.25, 0.3) is 0 Å². The average Bonchev–Trinajstić information content (AvgIpc) is 2.92. The van der Waals surface area contributed by atoms with Crippen LogP contribution in [0.15, 0.2) is 6.20 Å². The highest BCUT2D eigenvalue weighted by Crippen LogP contribution is 2.30. The summed E-state index contributed by atoms with van der Waals surface area (Å²) in [4.78, 5) is 12.4. The third-order valence-corrected chi connectivity index (χ3v) is 4.66. The number of amides is 1. The summed E-state index contributed by atoms with van der Waals surface area (Å²) in [6.07, 6.45) is 5.45. The molecule has 0 fully saturated rings. The maximum absolute atomic E-state index is 12.4. The summed E-state index contributed by atoms with van der Waals surface area (Å²) < 4.78 is 0. The first-order valence-electron chi connectivity index (χ1n) is 7.48. The normalized spacial score (nSPS) is 22.7. The van der Waals surface area contributed by atoms with Crippen molar-refractivity contribution in [3.05, 3.63) is 17.5 Å². The molecule has 0 spiro atoms. The number of rotatable bonds is 5. The molecule has 1 aliphatic carbocycles. The number of aromatic nitrogens is 2. The highest BCUT2D eigenvalue weighted by atomic mass is 16.3. The van der Waals surface area contributed by atoms with Gasteiger partial charge < -0.3 is 10.4 Å². The number of hydrogen-bond donors (Lipinski definition) is 3. The van der Waals surface area contributed by atoms with Gasteiger partial charge in [0.05, 0.1) is 17.7 Å². The Morgan fingerprint density at radius 1 is 1.70 bits per heavy atom. The molecule has 1 aliphatic rings. The van der Waals surface area contributed by atoms with Gasteiger partial charge in [0, 0.05) is 17.8 Å². The lowest BCUT2D eigenvalue weighted by molar-refractivity contribution is -0.124. The van der Waals surface area contributed by atoms with Crippen LogP contribution in [0.4, 0.5) is 0 Å². The summed E-state index contributed by atoms with van der Waals surface area (Å²) in [7, 11) is 0. The first-order chi connectivity index (χ1) is 9.45. The predicted octanol–water partition coefficient (Wildman–Crippen LogP) is 1.74. The van der Waals surface area contributed by atoms with Gasteiger partial charge in [0.15, 0.2) is 0 Å². The molecule has 0 saturated carbocycles. The average molecular weight is 279 g/mol. The smallest absolute Gasteiger partial charge is 0.227 e. The number of aryl methyl sites for hydroxylation is 1. The molecule has 2 rings (SSSR count). The SMILES string of the molecule is CCC(C)C(C)(O)CNC(=O)C1CCCc2[nH]ncc21. The quantitative estimate of drug-likeness (QED) is 0.768. The fourth-order valence-corrected chi connectivity index (χ4v) is 2.74. The molecule has 5 heteroatoms. The maximum atomic E-state index is 12.4. The number of carbonyl (C=O) groups excluding carboxylic acids is 1. The van der Waals surface area contributed by atoms with Crippen LogP contribution in [-0.2, 0) is 11.2 Å². The summed E-state index contributed by atoms with van der Waals surface area (Å²) >= 11 is 0. The summed E-state index contributed by atoms with van der Waals surface area (Å²) in [5, 5.41) is 20.3. The molecule has 5 nitrogen and oxygen atoms in total. The zero-order chi connectivity index (χ0) is 14.8. The van der Waals surface area contributed by atoms with E-state index in [1.807, 2.05) is 13.8 Å². The van der Waals surface area contributed by atoms with Crippen molar-refractivity contribution in [3.8, 4) is 0 Å². The molecular formula is C15H25N3O2. The van der Waals surface area contributed by atoms with Crippen LogP contribution in [0.25, 0.3) is 0 Å². The van der Waals surface area contributed by atoms with Crippen LogP contribution in [0.3, 0.4) is 0 Å². The minimum Gasteiger partial charge on any atom is -0.388 e. The van der Waals surface area contributed by atoms with Crippen molar-refractivity contribution >= 4 is 5.91 Å². The number of aliphatic hydroxyl groups is 1. The lowest BCUT2D eigenvalue weighted by Crippen LogP contribution is -2.46. The largest absolute Gasteiger partial charge is 0.388 e. The number of H-pyrrole nitrogens is 1. The van der Waals surface area contributed by atoms with Crippen LogP contribution in [0.2, 0.25) is 0 Å². The van der Waals surface area contributed by atoms with Crippen molar-refractivity contribution in [2.45, 2.75) is 58.0 Å². The molecule has 0 bridgehead atoms. The van der Waals surface area contributed by atoms with Gasteiger partial charge in [-0.2, -0.15) is 5.10 Å². The minimum atomic E-state index is -0.863. The Hall–Kier alpha value is -1.36. The van der Waals surface area contributed by atoms with Gasteiger partial charge in [0.1, 0.15) is 0 Å². The molecule has 1 aromatic rings. The Balaban J connectivity index is 1.97. The van der Waals surface area contributed by atoms with Crippen LogP contribution in [-0.4, -0.2) is 33.4 Å². The molecule has 1 aromatic heterocycles. The van der Waals surface area contributed by atoms with Gasteiger partial charge in [-0.1, -0.05) is 20.3 Å². The van der Waals surface area contributed by atoms with E-state index in [1.54, 1.807) is 13.1 Å². The monoisotopic (exact) mass is 279 g/mol. The van der Waals surface area contributed by atoms with Crippen LogP contribution in [0.1, 0.15) is 57.2 Å². The number of fused-ring (bicyclic) bond motifs is 1. The van der Waals surface area contributed by atoms with E-state index in [-0.39, 0.29) is 17.7 Å². The number of nitrogens with one attached hydrogen (secondary N) is 2. The van der Waals surface area contributed by atoms with Crippen LogP contribution >= 0.6 is 0 Å². The fourth-order valence-electron chi connectivity index (χ4n) is 2.74. The summed E-state index contributed by atoms with van der Waals surface area (Å²) in [5.41, 5.74) is 1.22. The highest BCUT2D eigenvalue weighted by Gasteiger charge is 2.31. The first-order valence-corrected chi connectivity index (χ1v) is 7.48. The molecule has 112 valence electrons. The molecule has 3 unspecified atom stereocenters. The molecule has 3 N–H and O–H groups in total. The molecule has 0 saturated heterocycles. The Morgan fingerprint density at radius 2 is 2.45 bits per heavy atom. The third-order valence-electron chi connectivity index (χ3n) is 4.66. The van der Waals surface area contributed by atoms with E-state index < -0.39 is 5.60 Å². The lowest BCUT2D eigenvalue weighted by Gasteiger charge is -2.31. The van der Waals surface area contributed by atoms with Crippen molar-refractivity contribution in [2.24, 2.45) is 5.92 Å². The Bertz CT molecular complexity index is 467. The molecule has 1 heterocycles. The number of hydrogen-bond acceptors (Lipinski definition) is 3. The van der Waals surface area contributed by atoms with Crippen molar-refractivity contribution in [1.82, 2.24) is 15.5 Å². The van der Waals surface area contributed by atoms with Crippen LogP contribution in [0.5, 0.6) is 0 Å². The standard InChI is InChI=1S/C15H25N3O2/c1-4-10(2)15(3,20)9-16-14(19)11-6-5-7-13-12(11)8-17-18-13/h8,10-11,20H,4-7,9H2,1-3H3,(H,16,19)(H,17,18). The van der Waals surface area contributed by atoms with Gasteiger partial charge in [0.2, 0.25) is 5.91 Å². The van der Waals surface area contributed by atoms with E-state index in [9.17, 15) is 9.90 Å². The second-order valence-corrected chi connectivity index (χ2v) is 6.13. The summed E-state index contributed by atoms with van der Waals surface area (Å²) in [6, 6.07) is 0. The molecule has 0 aromatic carbocycles. The Labute approximate surface area is 120 Å². The summed E-state index contributed by atoms with van der Waals surface area (Å²) in [6.45, 7) is 6.12. The molecule has 1 amide bonds. The lowest BCUT2D eigenvalue weighted by atomic mass is 9.85. The van der Waals surface area contributed by atoms with Crippen LogP contribution in [0, 0.1) is 5.92 Å². The Kier molecular flexibility index (Phi) is 4.48. The first kappa shape index (κ1) is 15.0. The summed E-state index contributed by atoms with van der Waals surface area (Å²) in [5.74, 6) is 0.0137. The van der Waals surface area contributed by atoms with E-state index in [0.717, 1.165) is 36.9 Å². The second-order valence-electron chi connectivity index (χ2n) is 6.13. The molecule has 0 radical (unpaired) electrons. The Morgan fingerprint density at radius 3 is 3.15 bits per heavy atom. The van der Waals surface area contributed by atoms with Crippen LogP contribution < -0.4 is 5.32 Å². The molecular weight excluding hydrogens is 254 g/mol. The minimum absolute atomic E-state index is 0.00377. The maximum Gasteiger partial charge on any atom is 0.227 e. The van der Waals surface area contributed by atoms with Crippen molar-refractivity contribution < 1.29 is 9.90 Å². The zero-order valence-corrected chi connectivity index (χ0v) is 12.6. The molecule has 3 atom stereocenters. The van der Waals surface area contributed by atoms with E-state index in [4.69, 9.17) is 0 Å². The number of aromatic amines is 1. The van der Waals surface area contributed by atoms with Crippen molar-refractivity contribution in [2.75, 3.05) is 6.54 Å². The van der Waals surface area contributed by atoms with E-state index in [2.05, 4.69) is 15.5 Å². The van der Waals surface area contributed by atoms with Gasteiger partial charge in [-0.3, -0.25) is 9.89 Å². The van der Waals surface area contributed by atoms with Gasteiger partial charge in [-0.25, -0.2) is 0 Å². The fraction of sp³-hybridized carbons (Fsp3) is 0.733. The zero-order valence-electron chi connectivity index (χ0n) is 12.6. The van der Waals surface area contributed by atoms with E-state index in [0.29, 0.717) is 6.54 Å². The predicted molar refractivity (Wildman–Crippen MR) is 77.4 cm³/mol. The van der Waals surface area contributed by atoms with E-state index >= 15 is 0 Å². The molecule has 0 aliphatic heterocycles. The second kappa shape index (κ2) is 5.95. The molecule has 20 heavy (non-hydrogen) atoms. The van der Waals surface area contributed by atoms with Gasteiger partial charge >= 0.3 is 0 Å². The highest BCUT2D eigenvalue weighted by molar-refractivity contribution is 5.84. The van der Waals surface area contributed by atoms with E-state index in [1.165, 1.54) is 0 Å². The van der Waals surface area contributed by atoms with Gasteiger partial charge in [-0.15, -0.1) is 0 Å². The number of carbonyl (C=O) groups is 1. The van der Waals surface area contributed by atoms with Gasteiger partial charge in [-0.05, 0) is 32.1 Å². The third kappa shape index (κ3) is 3.03. The van der Waals surface area contributed by atoms with Crippen molar-refractivity contribution in [3.63, 3.8) is 0 Å². The van der Waals surface area contributed by atoms with Crippen molar-refractivity contribution in [1.29, 1.82) is 0 Å². The number of nitrogens with zero attached hydrogens (tertiary/aromatic N) is 1. The topological polar surface area (TPSA) is 78.0 Å².